The lowest BCUT2D eigenvalue weighted by molar-refractivity contribution is 0.0927. The van der Waals surface area contributed by atoms with Crippen LogP contribution in [0.2, 0.25) is 0 Å². The topological polar surface area (TPSA) is 57.8 Å². The number of halogens is 1. The zero-order chi connectivity index (χ0) is 18.9. The number of carbonyl (C=O) groups excluding carboxylic acids is 1. The van der Waals surface area contributed by atoms with Crippen LogP contribution >= 0.6 is 0 Å². The third-order valence-electron chi connectivity index (χ3n) is 4.53. The molecule has 0 fully saturated rings. The highest BCUT2D eigenvalue weighted by Crippen LogP contribution is 2.39. The van der Waals surface area contributed by atoms with E-state index in [1.807, 2.05) is 6.92 Å². The lowest BCUT2D eigenvalue weighted by atomic mass is 9.88. The molecule has 1 aliphatic heterocycles. The number of hydrogen-bond donors (Lipinski definition) is 1. The third kappa shape index (κ3) is 3.27. The van der Waals surface area contributed by atoms with E-state index in [1.165, 1.54) is 24.6 Å². The smallest absolute Gasteiger partial charge is 0.307 e. The van der Waals surface area contributed by atoms with Crippen LogP contribution in [0.4, 0.5) is 10.1 Å². The maximum atomic E-state index is 14.6. The van der Waals surface area contributed by atoms with Gasteiger partial charge in [-0.15, -0.1) is 0 Å². The SMILES string of the molecule is CCN1c2cc(F)c(/C=N/NC(=O)c3ccco3)cc2C(C)=CC1(C)C. The third-order valence-corrected chi connectivity index (χ3v) is 4.53. The van der Waals surface area contributed by atoms with Crippen molar-refractivity contribution in [2.24, 2.45) is 5.10 Å². The molecule has 1 N–H and O–H groups in total. The Morgan fingerprint density at radius 3 is 2.85 bits per heavy atom. The molecule has 5 nitrogen and oxygen atoms in total. The van der Waals surface area contributed by atoms with E-state index in [0.717, 1.165) is 23.4 Å². The lowest BCUT2D eigenvalue weighted by Gasteiger charge is -2.42. The van der Waals surface area contributed by atoms with E-state index in [4.69, 9.17) is 4.42 Å². The molecule has 2 heterocycles. The number of hydrogen-bond acceptors (Lipinski definition) is 4. The van der Waals surface area contributed by atoms with E-state index < -0.39 is 5.91 Å². The summed E-state index contributed by atoms with van der Waals surface area (Å²) in [4.78, 5) is 14.0. The molecule has 0 saturated heterocycles. The summed E-state index contributed by atoms with van der Waals surface area (Å²) in [5.41, 5.74) is 5.39. The van der Waals surface area contributed by atoms with Crippen molar-refractivity contribution in [3.63, 3.8) is 0 Å². The molecule has 0 radical (unpaired) electrons. The van der Waals surface area contributed by atoms with E-state index in [0.29, 0.717) is 5.56 Å². The fraction of sp³-hybridized carbons (Fsp3) is 0.300. The molecule has 0 atom stereocenters. The summed E-state index contributed by atoms with van der Waals surface area (Å²) in [5.74, 6) is -0.726. The first kappa shape index (κ1) is 17.9. The van der Waals surface area contributed by atoms with Gasteiger partial charge in [-0.3, -0.25) is 4.79 Å². The second-order valence-corrected chi connectivity index (χ2v) is 6.79. The second-order valence-electron chi connectivity index (χ2n) is 6.79. The van der Waals surface area contributed by atoms with Crippen molar-refractivity contribution in [2.45, 2.75) is 33.2 Å². The monoisotopic (exact) mass is 355 g/mol. The molecule has 1 amide bonds. The van der Waals surface area contributed by atoms with Crippen molar-refractivity contribution in [2.75, 3.05) is 11.4 Å². The highest BCUT2D eigenvalue weighted by Gasteiger charge is 2.30. The van der Waals surface area contributed by atoms with Crippen LogP contribution in [0.15, 0.2) is 46.1 Å². The van der Waals surface area contributed by atoms with Crippen LogP contribution in [0.25, 0.3) is 5.57 Å². The summed E-state index contributed by atoms with van der Waals surface area (Å²) in [7, 11) is 0. The van der Waals surface area contributed by atoms with Crippen molar-refractivity contribution in [1.29, 1.82) is 0 Å². The highest BCUT2D eigenvalue weighted by atomic mass is 19.1. The minimum absolute atomic E-state index is 0.146. The van der Waals surface area contributed by atoms with Gasteiger partial charge in [0.1, 0.15) is 5.82 Å². The van der Waals surface area contributed by atoms with Crippen LogP contribution in [0.5, 0.6) is 0 Å². The number of rotatable bonds is 4. The summed E-state index contributed by atoms with van der Waals surface area (Å²) in [5, 5.41) is 3.84. The second kappa shape index (κ2) is 6.78. The Morgan fingerprint density at radius 2 is 2.19 bits per heavy atom. The van der Waals surface area contributed by atoms with Gasteiger partial charge >= 0.3 is 5.91 Å². The maximum absolute atomic E-state index is 14.6. The Labute approximate surface area is 152 Å². The van der Waals surface area contributed by atoms with E-state index in [9.17, 15) is 9.18 Å². The van der Waals surface area contributed by atoms with Crippen LogP contribution in [0.1, 0.15) is 49.4 Å². The number of benzene rings is 1. The van der Waals surface area contributed by atoms with Crippen LogP contribution in [0.3, 0.4) is 0 Å². The van der Waals surface area contributed by atoms with Gasteiger partial charge in [-0.2, -0.15) is 5.10 Å². The van der Waals surface area contributed by atoms with Gasteiger partial charge in [0.25, 0.3) is 0 Å². The summed E-state index contributed by atoms with van der Waals surface area (Å²) in [6.45, 7) is 9.07. The Kier molecular flexibility index (Phi) is 4.68. The molecular weight excluding hydrogens is 333 g/mol. The molecule has 136 valence electrons. The minimum atomic E-state index is -0.486. The molecule has 1 aliphatic rings. The number of likely N-dealkylation sites (N-methyl/N-ethyl adjacent to an activating group) is 1. The van der Waals surface area contributed by atoms with E-state index in [1.54, 1.807) is 12.1 Å². The molecule has 3 rings (SSSR count). The van der Waals surface area contributed by atoms with E-state index in [-0.39, 0.29) is 17.1 Å². The average molecular weight is 355 g/mol. The standard InChI is InChI=1S/C20H22FN3O2/c1-5-24-17-10-16(21)14(9-15(17)13(2)11-20(24,3)4)12-22-23-19(25)18-7-6-8-26-18/h6-12H,5H2,1-4H3,(H,23,25)/b22-12+. The highest BCUT2D eigenvalue weighted by molar-refractivity contribution is 5.93. The predicted molar refractivity (Wildman–Crippen MR) is 101 cm³/mol. The van der Waals surface area contributed by atoms with Crippen molar-refractivity contribution in [1.82, 2.24) is 5.43 Å². The van der Waals surface area contributed by atoms with Gasteiger partial charge in [-0.25, -0.2) is 9.82 Å². The van der Waals surface area contributed by atoms with Crippen molar-refractivity contribution < 1.29 is 13.6 Å². The summed E-state index contributed by atoms with van der Waals surface area (Å²) < 4.78 is 19.6. The molecule has 2 aromatic rings. The van der Waals surface area contributed by atoms with Crippen LogP contribution in [-0.2, 0) is 0 Å². The van der Waals surface area contributed by atoms with Crippen LogP contribution in [0, 0.1) is 5.82 Å². The quantitative estimate of drug-likeness (QED) is 0.660. The maximum Gasteiger partial charge on any atom is 0.307 e. The molecule has 0 bridgehead atoms. The first-order valence-corrected chi connectivity index (χ1v) is 8.51. The first-order valence-electron chi connectivity index (χ1n) is 8.51. The number of anilines is 1. The van der Waals surface area contributed by atoms with Gasteiger partial charge < -0.3 is 9.32 Å². The predicted octanol–water partition coefficient (Wildman–Crippen LogP) is 4.20. The van der Waals surface area contributed by atoms with Crippen molar-refractivity contribution in [3.05, 3.63) is 59.3 Å². The van der Waals surface area contributed by atoms with E-state index >= 15 is 0 Å². The normalized spacial score (nSPS) is 15.7. The number of amides is 1. The van der Waals surface area contributed by atoms with Gasteiger partial charge in [0.05, 0.1) is 18.0 Å². The molecular formula is C20H22FN3O2. The fourth-order valence-electron chi connectivity index (χ4n) is 3.41. The number of carbonyl (C=O) groups is 1. The van der Waals surface area contributed by atoms with Gasteiger partial charge in [-0.05, 0) is 57.5 Å². The Hall–Kier alpha value is -2.89. The molecule has 0 saturated carbocycles. The Bertz CT molecular complexity index is 883. The van der Waals surface area contributed by atoms with E-state index in [2.05, 4.69) is 42.3 Å². The summed E-state index contributed by atoms with van der Waals surface area (Å²) in [6, 6.07) is 6.43. The molecule has 0 aliphatic carbocycles. The minimum Gasteiger partial charge on any atom is -0.459 e. The molecule has 0 unspecified atom stereocenters. The number of hydrazone groups is 1. The van der Waals surface area contributed by atoms with Gasteiger partial charge in [-0.1, -0.05) is 6.08 Å². The largest absolute Gasteiger partial charge is 0.459 e. The van der Waals surface area contributed by atoms with Crippen molar-refractivity contribution >= 4 is 23.4 Å². The lowest BCUT2D eigenvalue weighted by Crippen LogP contribution is -2.45. The number of nitrogens with one attached hydrogen (secondary N) is 1. The number of furan rings is 1. The van der Waals surface area contributed by atoms with Crippen molar-refractivity contribution in [3.8, 4) is 0 Å². The Balaban J connectivity index is 1.88. The molecule has 6 heteroatoms. The molecule has 1 aromatic heterocycles. The van der Waals surface area contributed by atoms with Crippen LogP contribution < -0.4 is 10.3 Å². The molecule has 26 heavy (non-hydrogen) atoms. The summed E-state index contributed by atoms with van der Waals surface area (Å²) >= 11 is 0. The number of nitrogens with zero attached hydrogens (tertiary/aromatic N) is 2. The van der Waals surface area contributed by atoms with Gasteiger partial charge in [0.15, 0.2) is 5.76 Å². The molecule has 0 spiro atoms. The zero-order valence-corrected chi connectivity index (χ0v) is 15.3. The number of fused-ring (bicyclic) bond motifs is 1. The van der Waals surface area contributed by atoms with Gasteiger partial charge in [0.2, 0.25) is 0 Å². The average Bonchev–Trinajstić information content (AvgIpc) is 3.10. The fourth-order valence-corrected chi connectivity index (χ4v) is 3.41. The molecule has 1 aromatic carbocycles. The first-order chi connectivity index (χ1) is 12.3. The Morgan fingerprint density at radius 1 is 1.42 bits per heavy atom. The zero-order valence-electron chi connectivity index (χ0n) is 15.3. The van der Waals surface area contributed by atoms with Gasteiger partial charge in [0, 0.05) is 23.4 Å². The van der Waals surface area contributed by atoms with Crippen LogP contribution in [-0.4, -0.2) is 24.2 Å². The summed E-state index contributed by atoms with van der Waals surface area (Å²) in [6.07, 6.45) is 4.88. The number of allylic oxidation sites excluding steroid dienone is 1.